The summed E-state index contributed by atoms with van der Waals surface area (Å²) in [5.41, 5.74) is 0.253. The summed E-state index contributed by atoms with van der Waals surface area (Å²) in [7, 11) is 5.34. The van der Waals surface area contributed by atoms with Crippen LogP contribution in [0.2, 0.25) is 0 Å². The van der Waals surface area contributed by atoms with Gasteiger partial charge in [-0.15, -0.1) is 0 Å². The van der Waals surface area contributed by atoms with E-state index in [9.17, 15) is 18.4 Å². The molecule has 8 nitrogen and oxygen atoms in total. The highest BCUT2D eigenvalue weighted by atomic mass is 19.1. The van der Waals surface area contributed by atoms with Gasteiger partial charge in [0, 0.05) is 45.0 Å². The second-order valence-corrected chi connectivity index (χ2v) is 8.95. The molecule has 0 unspecified atom stereocenters. The number of anilines is 2. The molecule has 0 bridgehead atoms. The number of nitrogens with one attached hydrogen (secondary N) is 2. The maximum atomic E-state index is 13.9. The van der Waals surface area contributed by atoms with Crippen LogP contribution in [0.15, 0.2) is 36.4 Å². The summed E-state index contributed by atoms with van der Waals surface area (Å²) in [6, 6.07) is 6.74. The number of methoxy groups -OCH3 is 1. The minimum absolute atomic E-state index is 0.0832. The van der Waals surface area contributed by atoms with Crippen molar-refractivity contribution in [2.75, 3.05) is 51.5 Å². The Hall–Kier alpha value is -3.24. The molecule has 0 aromatic heterocycles. The molecule has 0 spiro atoms. The van der Waals surface area contributed by atoms with Crippen molar-refractivity contribution in [2.24, 2.45) is 5.92 Å². The molecule has 3 atom stereocenters. The monoisotopic (exact) mass is 490 g/mol. The Morgan fingerprint density at radius 3 is 2.54 bits per heavy atom. The number of nitrogens with zero attached hydrogens (tertiary/aromatic N) is 2. The first kappa shape index (κ1) is 26.4. The number of hydrogen-bond acceptors (Lipinski definition) is 5. The van der Waals surface area contributed by atoms with Gasteiger partial charge in [0.05, 0.1) is 17.4 Å². The number of urea groups is 1. The van der Waals surface area contributed by atoms with Gasteiger partial charge < -0.3 is 25.0 Å². The number of rotatable bonds is 3. The maximum absolute atomic E-state index is 13.9. The molecule has 2 N–H and O–H groups in total. The largest absolute Gasteiger partial charge is 0.491 e. The Bertz CT molecular complexity index is 1070. The number of ether oxygens (including phenoxy) is 2. The molecule has 0 saturated carbocycles. The second kappa shape index (κ2) is 11.5. The van der Waals surface area contributed by atoms with Gasteiger partial charge in [-0.3, -0.25) is 9.69 Å². The predicted octanol–water partition coefficient (Wildman–Crippen LogP) is 4.04. The Morgan fingerprint density at radius 2 is 1.83 bits per heavy atom. The molecule has 190 valence electrons. The first-order chi connectivity index (χ1) is 16.6. The lowest BCUT2D eigenvalue weighted by atomic mass is 10.0. The van der Waals surface area contributed by atoms with Gasteiger partial charge in [0.25, 0.3) is 5.91 Å². The number of fused-ring (bicyclic) bond motifs is 1. The molecule has 3 rings (SSSR count). The smallest absolute Gasteiger partial charge is 0.323 e. The van der Waals surface area contributed by atoms with Crippen molar-refractivity contribution in [1.29, 1.82) is 0 Å². The van der Waals surface area contributed by atoms with Crippen molar-refractivity contribution < 1.29 is 27.8 Å². The molecule has 1 aliphatic heterocycles. The molecular formula is C25H32F2N4O4. The Morgan fingerprint density at radius 1 is 1.09 bits per heavy atom. The van der Waals surface area contributed by atoms with Crippen molar-refractivity contribution >= 4 is 23.3 Å². The van der Waals surface area contributed by atoms with E-state index >= 15 is 0 Å². The van der Waals surface area contributed by atoms with Gasteiger partial charge in [0.1, 0.15) is 24.0 Å². The van der Waals surface area contributed by atoms with Gasteiger partial charge in [0.15, 0.2) is 0 Å². The minimum Gasteiger partial charge on any atom is -0.491 e. The fourth-order valence-electron chi connectivity index (χ4n) is 3.91. The quantitative estimate of drug-likeness (QED) is 0.679. The molecule has 2 aromatic carbocycles. The summed E-state index contributed by atoms with van der Waals surface area (Å²) in [6.07, 6.45) is -0.171. The number of carbonyl (C=O) groups is 2. The van der Waals surface area contributed by atoms with Crippen LogP contribution < -0.4 is 15.4 Å². The van der Waals surface area contributed by atoms with Gasteiger partial charge in [-0.2, -0.15) is 0 Å². The fraction of sp³-hybridized carbons (Fsp3) is 0.440. The Kier molecular flexibility index (Phi) is 8.63. The van der Waals surface area contributed by atoms with Crippen molar-refractivity contribution in [2.45, 2.75) is 26.0 Å². The molecular weight excluding hydrogens is 458 g/mol. The van der Waals surface area contributed by atoms with E-state index in [2.05, 4.69) is 22.5 Å². The third kappa shape index (κ3) is 6.67. The van der Waals surface area contributed by atoms with E-state index in [0.717, 1.165) is 24.7 Å². The highest BCUT2D eigenvalue weighted by Gasteiger charge is 2.27. The SMILES string of the molecule is CO[C@H]1CN(C)C(=O)c2cc(NC(=O)Nc3cc(F)ccc3F)ccc2OC[C@@H](C)N(C)C[C@@H]1C. The van der Waals surface area contributed by atoms with Crippen LogP contribution in [0, 0.1) is 17.6 Å². The molecule has 1 aliphatic rings. The molecule has 35 heavy (non-hydrogen) atoms. The molecule has 3 amide bonds. The summed E-state index contributed by atoms with van der Waals surface area (Å²) >= 11 is 0. The molecule has 2 aromatic rings. The van der Waals surface area contributed by atoms with Gasteiger partial charge >= 0.3 is 6.03 Å². The lowest BCUT2D eigenvalue weighted by Gasteiger charge is -2.34. The number of hydrogen-bond donors (Lipinski definition) is 2. The number of benzene rings is 2. The number of halogens is 2. The van der Waals surface area contributed by atoms with Crippen molar-refractivity contribution in [3.8, 4) is 5.75 Å². The maximum Gasteiger partial charge on any atom is 0.323 e. The lowest BCUT2D eigenvalue weighted by Crippen LogP contribution is -2.45. The zero-order valence-electron chi connectivity index (χ0n) is 20.6. The van der Waals surface area contributed by atoms with Crippen LogP contribution in [-0.2, 0) is 4.74 Å². The first-order valence-electron chi connectivity index (χ1n) is 11.4. The third-order valence-corrected chi connectivity index (χ3v) is 6.19. The topological polar surface area (TPSA) is 83.1 Å². The molecule has 0 saturated heterocycles. The van der Waals surface area contributed by atoms with Gasteiger partial charge in [-0.1, -0.05) is 6.92 Å². The van der Waals surface area contributed by atoms with Crippen LogP contribution >= 0.6 is 0 Å². The third-order valence-electron chi connectivity index (χ3n) is 6.19. The van der Waals surface area contributed by atoms with Crippen LogP contribution in [0.3, 0.4) is 0 Å². The molecule has 0 fully saturated rings. The Balaban J connectivity index is 1.86. The zero-order valence-corrected chi connectivity index (χ0v) is 20.6. The average molecular weight is 491 g/mol. The van der Waals surface area contributed by atoms with Crippen LogP contribution in [0.25, 0.3) is 0 Å². The predicted molar refractivity (Wildman–Crippen MR) is 130 cm³/mol. The second-order valence-electron chi connectivity index (χ2n) is 8.95. The summed E-state index contributed by atoms with van der Waals surface area (Å²) < 4.78 is 38.9. The van der Waals surface area contributed by atoms with Crippen molar-refractivity contribution in [3.63, 3.8) is 0 Å². The standard InChI is InChI=1S/C25H32F2N4O4/c1-15-12-30(3)16(2)14-35-22-9-7-18(11-19(22)24(32)31(4)13-23(15)34-5)28-25(33)29-21-10-17(26)6-8-20(21)27/h6-11,15-16,23H,12-14H2,1-5H3,(H2,28,29,33)/t15-,16+,23-/m0/s1. The molecule has 0 aliphatic carbocycles. The summed E-state index contributed by atoms with van der Waals surface area (Å²) in [5, 5.41) is 4.82. The number of likely N-dealkylation sites (N-methyl/N-ethyl adjacent to an activating group) is 2. The van der Waals surface area contributed by atoms with Gasteiger partial charge in [-0.25, -0.2) is 13.6 Å². The molecule has 1 heterocycles. The van der Waals surface area contributed by atoms with Gasteiger partial charge in [0.2, 0.25) is 0 Å². The van der Waals surface area contributed by atoms with Crippen molar-refractivity contribution in [1.82, 2.24) is 9.80 Å². The minimum atomic E-state index is -0.784. The van der Waals surface area contributed by atoms with E-state index in [-0.39, 0.29) is 40.9 Å². The normalized spacial score (nSPS) is 21.9. The zero-order chi connectivity index (χ0) is 25.7. The average Bonchev–Trinajstić information content (AvgIpc) is 2.82. The number of amides is 3. The number of carbonyl (C=O) groups excluding carboxylic acids is 2. The lowest BCUT2D eigenvalue weighted by molar-refractivity contribution is 0.0150. The summed E-state index contributed by atoms with van der Waals surface area (Å²) in [6.45, 7) is 5.63. The van der Waals surface area contributed by atoms with Gasteiger partial charge in [-0.05, 0) is 50.2 Å². The van der Waals surface area contributed by atoms with Crippen LogP contribution in [0.5, 0.6) is 5.75 Å². The van der Waals surface area contributed by atoms with Crippen LogP contribution in [0.1, 0.15) is 24.2 Å². The molecule has 0 radical (unpaired) electrons. The first-order valence-corrected chi connectivity index (χ1v) is 11.4. The van der Waals surface area contributed by atoms with Crippen LogP contribution in [0.4, 0.5) is 25.0 Å². The van der Waals surface area contributed by atoms with E-state index in [0.29, 0.717) is 18.9 Å². The summed E-state index contributed by atoms with van der Waals surface area (Å²) in [4.78, 5) is 29.5. The van der Waals surface area contributed by atoms with Crippen LogP contribution in [-0.4, -0.2) is 74.8 Å². The van der Waals surface area contributed by atoms with Crippen molar-refractivity contribution in [3.05, 3.63) is 53.6 Å². The molecule has 10 heteroatoms. The summed E-state index contributed by atoms with van der Waals surface area (Å²) in [5.74, 6) is -1.20. The highest BCUT2D eigenvalue weighted by molar-refractivity contribution is 6.02. The van der Waals surface area contributed by atoms with E-state index < -0.39 is 17.7 Å². The van der Waals surface area contributed by atoms with E-state index in [1.807, 2.05) is 14.0 Å². The highest BCUT2D eigenvalue weighted by Crippen LogP contribution is 2.26. The fourth-order valence-corrected chi connectivity index (χ4v) is 3.91. The van der Waals surface area contributed by atoms with E-state index in [1.165, 1.54) is 6.07 Å². The van der Waals surface area contributed by atoms with E-state index in [4.69, 9.17) is 9.47 Å². The van der Waals surface area contributed by atoms with E-state index in [1.54, 1.807) is 31.2 Å². The Labute approximate surface area is 204 Å².